The second kappa shape index (κ2) is 7.08. The number of nitrogens with two attached hydrogens (primary N) is 1. The quantitative estimate of drug-likeness (QED) is 0.880. The number of aliphatic imine (C=N–C) groups is 1. The van der Waals surface area contributed by atoms with Crippen LogP contribution >= 0.6 is 0 Å². The summed E-state index contributed by atoms with van der Waals surface area (Å²) in [6.07, 6.45) is 3.04. The fourth-order valence-corrected chi connectivity index (χ4v) is 2.42. The molecule has 1 amide bonds. The zero-order chi connectivity index (χ0) is 16.9. The van der Waals surface area contributed by atoms with E-state index < -0.39 is 11.7 Å². The van der Waals surface area contributed by atoms with Gasteiger partial charge in [-0.2, -0.15) is 0 Å². The number of nitrogens with one attached hydrogen (secondary N) is 1. The van der Waals surface area contributed by atoms with Crippen LogP contribution in [-0.2, 0) is 11.2 Å². The Morgan fingerprint density at radius 2 is 2.12 bits per heavy atom. The predicted molar refractivity (Wildman–Crippen MR) is 88.3 cm³/mol. The number of carbonyl (C=O) groups is 1. The molecule has 1 aliphatic rings. The van der Waals surface area contributed by atoms with Crippen LogP contribution in [-0.4, -0.2) is 29.6 Å². The average molecular weight is 328 g/mol. The molecule has 0 saturated heterocycles. The van der Waals surface area contributed by atoms with Gasteiger partial charge >= 0.3 is 0 Å². The Hall–Kier alpha value is -2.96. The lowest BCUT2D eigenvalue weighted by atomic mass is 10.1. The molecule has 0 bridgehead atoms. The number of amides is 1. The molecule has 2 heterocycles. The minimum absolute atomic E-state index is 0.0940. The van der Waals surface area contributed by atoms with Crippen LogP contribution in [0.25, 0.3) is 0 Å². The molecule has 124 valence electrons. The van der Waals surface area contributed by atoms with Crippen molar-refractivity contribution in [1.29, 1.82) is 0 Å². The molecule has 0 saturated carbocycles. The second-order valence-electron chi connectivity index (χ2n) is 5.46. The first-order valence-electron chi connectivity index (χ1n) is 7.58. The SMILES string of the molecule is NC1=NC(CCc2ccc(NC(=O)c3ncccc3F)cc2)CO1. The summed E-state index contributed by atoms with van der Waals surface area (Å²) < 4.78 is 18.6. The Morgan fingerprint density at radius 3 is 2.79 bits per heavy atom. The summed E-state index contributed by atoms with van der Waals surface area (Å²) in [5.74, 6) is -1.22. The minimum Gasteiger partial charge on any atom is -0.463 e. The molecule has 0 spiro atoms. The Morgan fingerprint density at radius 1 is 1.33 bits per heavy atom. The fourth-order valence-electron chi connectivity index (χ4n) is 2.42. The van der Waals surface area contributed by atoms with Crippen molar-refractivity contribution in [2.75, 3.05) is 11.9 Å². The maximum atomic E-state index is 13.5. The number of rotatable bonds is 5. The zero-order valence-corrected chi connectivity index (χ0v) is 12.9. The Bertz CT molecular complexity index is 761. The van der Waals surface area contributed by atoms with Gasteiger partial charge in [0.05, 0.1) is 6.04 Å². The smallest absolute Gasteiger partial charge is 0.282 e. The number of ether oxygens (including phenoxy) is 1. The lowest BCUT2D eigenvalue weighted by Crippen LogP contribution is -2.15. The lowest BCUT2D eigenvalue weighted by molar-refractivity contribution is 0.101. The molecule has 0 radical (unpaired) electrons. The van der Waals surface area contributed by atoms with Gasteiger partial charge in [0.25, 0.3) is 11.9 Å². The summed E-state index contributed by atoms with van der Waals surface area (Å²) in [4.78, 5) is 19.9. The van der Waals surface area contributed by atoms with Crippen molar-refractivity contribution in [3.8, 4) is 0 Å². The number of hydrogen-bond donors (Lipinski definition) is 2. The number of aromatic nitrogens is 1. The van der Waals surface area contributed by atoms with Crippen molar-refractivity contribution in [1.82, 2.24) is 4.98 Å². The Labute approximate surface area is 138 Å². The van der Waals surface area contributed by atoms with Gasteiger partial charge in [0.1, 0.15) is 6.61 Å². The van der Waals surface area contributed by atoms with Gasteiger partial charge < -0.3 is 15.8 Å². The van der Waals surface area contributed by atoms with E-state index in [4.69, 9.17) is 10.5 Å². The van der Waals surface area contributed by atoms with E-state index in [1.807, 2.05) is 12.1 Å². The van der Waals surface area contributed by atoms with E-state index in [2.05, 4.69) is 15.3 Å². The van der Waals surface area contributed by atoms with Crippen molar-refractivity contribution in [3.63, 3.8) is 0 Å². The van der Waals surface area contributed by atoms with Crippen LogP contribution in [0.15, 0.2) is 47.6 Å². The third kappa shape index (κ3) is 3.87. The largest absolute Gasteiger partial charge is 0.463 e. The molecule has 1 atom stereocenters. The number of nitrogens with zero attached hydrogens (tertiary/aromatic N) is 2. The van der Waals surface area contributed by atoms with E-state index in [-0.39, 0.29) is 17.8 Å². The van der Waals surface area contributed by atoms with Crippen molar-refractivity contribution in [3.05, 3.63) is 59.7 Å². The van der Waals surface area contributed by atoms with Crippen molar-refractivity contribution >= 4 is 17.6 Å². The zero-order valence-electron chi connectivity index (χ0n) is 12.9. The van der Waals surface area contributed by atoms with Gasteiger partial charge in [0.15, 0.2) is 11.5 Å². The molecule has 3 N–H and O–H groups in total. The first-order valence-corrected chi connectivity index (χ1v) is 7.58. The number of anilines is 1. The molecule has 2 aromatic rings. The highest BCUT2D eigenvalue weighted by atomic mass is 19.1. The van der Waals surface area contributed by atoms with Crippen molar-refractivity contribution in [2.45, 2.75) is 18.9 Å². The highest BCUT2D eigenvalue weighted by molar-refractivity contribution is 6.02. The predicted octanol–water partition coefficient (Wildman–Crippen LogP) is 2.12. The van der Waals surface area contributed by atoms with E-state index in [0.717, 1.165) is 18.4 Å². The second-order valence-corrected chi connectivity index (χ2v) is 5.46. The third-order valence-corrected chi connectivity index (χ3v) is 3.69. The Kier molecular flexibility index (Phi) is 4.69. The summed E-state index contributed by atoms with van der Waals surface area (Å²) in [7, 11) is 0. The Balaban J connectivity index is 1.56. The number of halogens is 1. The van der Waals surface area contributed by atoms with Gasteiger partial charge in [0.2, 0.25) is 0 Å². The lowest BCUT2D eigenvalue weighted by Gasteiger charge is -2.08. The monoisotopic (exact) mass is 328 g/mol. The first-order chi connectivity index (χ1) is 11.6. The highest BCUT2D eigenvalue weighted by Crippen LogP contribution is 2.15. The molecule has 0 aliphatic carbocycles. The topological polar surface area (TPSA) is 89.6 Å². The van der Waals surface area contributed by atoms with Crippen LogP contribution in [0.5, 0.6) is 0 Å². The summed E-state index contributed by atoms with van der Waals surface area (Å²) in [6.45, 7) is 0.523. The molecule has 0 fully saturated rings. The van der Waals surface area contributed by atoms with Gasteiger partial charge in [-0.3, -0.25) is 4.79 Å². The van der Waals surface area contributed by atoms with Crippen molar-refractivity contribution in [2.24, 2.45) is 10.7 Å². The van der Waals surface area contributed by atoms with Crippen LogP contribution in [0.1, 0.15) is 22.5 Å². The van der Waals surface area contributed by atoms with Crippen LogP contribution in [0.4, 0.5) is 10.1 Å². The number of aryl methyl sites for hydroxylation is 1. The van der Waals surface area contributed by atoms with E-state index >= 15 is 0 Å². The van der Waals surface area contributed by atoms with Gasteiger partial charge in [-0.05, 0) is 42.7 Å². The molecular weight excluding hydrogens is 311 g/mol. The molecule has 1 aromatic heterocycles. The molecule has 1 aliphatic heterocycles. The average Bonchev–Trinajstić information content (AvgIpc) is 3.00. The molecule has 24 heavy (non-hydrogen) atoms. The fraction of sp³-hybridized carbons (Fsp3) is 0.235. The number of amidine groups is 1. The van der Waals surface area contributed by atoms with Gasteiger partial charge in [0, 0.05) is 11.9 Å². The van der Waals surface area contributed by atoms with E-state index in [1.165, 1.54) is 18.3 Å². The summed E-state index contributed by atoms with van der Waals surface area (Å²) in [5.41, 5.74) is 6.94. The summed E-state index contributed by atoms with van der Waals surface area (Å²) >= 11 is 0. The molecule has 1 unspecified atom stereocenters. The number of carbonyl (C=O) groups excluding carboxylic acids is 1. The molecular formula is C17H17FN4O2. The van der Waals surface area contributed by atoms with Gasteiger partial charge in [-0.25, -0.2) is 14.4 Å². The molecule has 6 nitrogen and oxygen atoms in total. The maximum absolute atomic E-state index is 13.5. The third-order valence-electron chi connectivity index (χ3n) is 3.69. The highest BCUT2D eigenvalue weighted by Gasteiger charge is 2.16. The van der Waals surface area contributed by atoms with E-state index in [9.17, 15) is 9.18 Å². The van der Waals surface area contributed by atoms with Crippen molar-refractivity contribution < 1.29 is 13.9 Å². The standard InChI is InChI=1S/C17H17FN4O2/c18-14-2-1-9-20-15(14)16(23)21-12-6-3-11(4-7-12)5-8-13-10-24-17(19)22-13/h1-4,6-7,9,13H,5,8,10H2,(H2,19,22)(H,21,23). The van der Waals surface area contributed by atoms with Crippen LogP contribution in [0.2, 0.25) is 0 Å². The number of pyridine rings is 1. The van der Waals surface area contributed by atoms with Crippen LogP contribution in [0, 0.1) is 5.82 Å². The molecule has 3 rings (SSSR count). The minimum atomic E-state index is -0.648. The number of benzene rings is 1. The first kappa shape index (κ1) is 15.9. The van der Waals surface area contributed by atoms with Gasteiger partial charge in [-0.1, -0.05) is 12.1 Å². The summed E-state index contributed by atoms with van der Waals surface area (Å²) in [6, 6.07) is 10.4. The molecule has 7 heteroatoms. The van der Waals surface area contributed by atoms with E-state index in [1.54, 1.807) is 12.1 Å². The number of hydrogen-bond acceptors (Lipinski definition) is 5. The van der Waals surface area contributed by atoms with Gasteiger partial charge in [-0.15, -0.1) is 0 Å². The van der Waals surface area contributed by atoms with E-state index in [0.29, 0.717) is 12.3 Å². The maximum Gasteiger partial charge on any atom is 0.282 e. The van der Waals surface area contributed by atoms with Crippen LogP contribution < -0.4 is 11.1 Å². The van der Waals surface area contributed by atoms with Crippen LogP contribution in [0.3, 0.4) is 0 Å². The normalized spacial score (nSPS) is 16.4. The summed E-state index contributed by atoms with van der Waals surface area (Å²) in [5, 5.41) is 2.63. The molecule has 1 aromatic carbocycles.